The Morgan fingerprint density at radius 3 is 2.36 bits per heavy atom. The molecule has 1 unspecified atom stereocenters. The number of aryl methyl sites for hydroxylation is 1. The molecule has 1 amide bonds. The molecule has 0 aliphatic carbocycles. The van der Waals surface area contributed by atoms with E-state index >= 15 is 0 Å². The summed E-state index contributed by atoms with van der Waals surface area (Å²) in [5, 5.41) is 13.3. The van der Waals surface area contributed by atoms with Gasteiger partial charge < -0.3 is 19.7 Å². The number of carbonyl (C=O) groups is 1. The molecule has 0 aliphatic heterocycles. The number of halogens is 3. The van der Waals surface area contributed by atoms with Gasteiger partial charge in [0.1, 0.15) is 17.8 Å². The molecule has 4 rings (SSSR count). The second-order valence-corrected chi connectivity index (χ2v) is 11.1. The number of nitrogens with zero attached hydrogens (tertiary/aromatic N) is 2. The van der Waals surface area contributed by atoms with Crippen molar-refractivity contribution in [1.82, 2.24) is 14.9 Å². The van der Waals surface area contributed by atoms with Crippen molar-refractivity contribution in [1.29, 1.82) is 0 Å². The van der Waals surface area contributed by atoms with Gasteiger partial charge in [-0.15, -0.1) is 0 Å². The SMILES string of the molecule is CCS(=O)(=O)c1ccc(C(CO)NC(=O)c2cc3ccnc(OCc4ccc(C(F)(F)F)cc4)c3n2C)cc1. The number of sulfone groups is 1. The van der Waals surface area contributed by atoms with Crippen LogP contribution < -0.4 is 10.1 Å². The first-order valence-corrected chi connectivity index (χ1v) is 13.6. The molecule has 0 saturated heterocycles. The number of pyridine rings is 1. The molecule has 4 aromatic rings. The van der Waals surface area contributed by atoms with Crippen molar-refractivity contribution in [2.75, 3.05) is 12.4 Å². The van der Waals surface area contributed by atoms with E-state index in [1.54, 1.807) is 42.8 Å². The summed E-state index contributed by atoms with van der Waals surface area (Å²) in [5.74, 6) is -0.342. The predicted octanol–water partition coefficient (Wildman–Crippen LogP) is 4.43. The standard InChI is InChI=1S/C27H26F3N3O5S/c1-3-39(36,37)21-10-6-18(7-11-21)22(15-34)32-25(35)23-14-19-12-13-31-26(24(19)33(23)2)38-16-17-4-8-20(9-5-17)27(28,29)30/h4-14,22,34H,3,15-16H2,1-2H3,(H,32,35). The maximum absolute atomic E-state index is 13.2. The maximum atomic E-state index is 13.2. The first-order chi connectivity index (χ1) is 18.4. The van der Waals surface area contributed by atoms with E-state index in [9.17, 15) is 31.5 Å². The third-order valence-corrected chi connectivity index (χ3v) is 8.06. The van der Waals surface area contributed by atoms with Crippen LogP contribution in [0.1, 0.15) is 40.1 Å². The third kappa shape index (κ3) is 6.07. The number of ether oxygens (including phenoxy) is 1. The van der Waals surface area contributed by atoms with Gasteiger partial charge in [0, 0.05) is 18.6 Å². The second kappa shape index (κ2) is 11.1. The topological polar surface area (TPSA) is 111 Å². The maximum Gasteiger partial charge on any atom is 0.416 e. The van der Waals surface area contributed by atoms with Crippen LogP contribution >= 0.6 is 0 Å². The number of nitrogens with one attached hydrogen (secondary N) is 1. The van der Waals surface area contributed by atoms with Crippen molar-refractivity contribution in [3.05, 3.63) is 89.2 Å². The van der Waals surface area contributed by atoms with Gasteiger partial charge in [-0.05, 0) is 47.5 Å². The van der Waals surface area contributed by atoms with Gasteiger partial charge in [0.25, 0.3) is 5.91 Å². The molecular formula is C27H26F3N3O5S. The molecule has 12 heteroatoms. The largest absolute Gasteiger partial charge is 0.471 e. The van der Waals surface area contributed by atoms with E-state index in [-0.39, 0.29) is 28.8 Å². The lowest BCUT2D eigenvalue weighted by atomic mass is 10.1. The Morgan fingerprint density at radius 2 is 1.77 bits per heavy atom. The summed E-state index contributed by atoms with van der Waals surface area (Å²) in [6, 6.07) is 13.1. The van der Waals surface area contributed by atoms with Crippen LogP contribution in [0.25, 0.3) is 10.9 Å². The summed E-state index contributed by atoms with van der Waals surface area (Å²) >= 11 is 0. The number of rotatable bonds is 9. The van der Waals surface area contributed by atoms with E-state index in [1.165, 1.54) is 30.5 Å². The number of hydrogen-bond donors (Lipinski definition) is 2. The Labute approximate surface area is 223 Å². The number of alkyl halides is 3. The van der Waals surface area contributed by atoms with E-state index in [2.05, 4.69) is 10.3 Å². The molecule has 0 spiro atoms. The van der Waals surface area contributed by atoms with E-state index < -0.39 is 40.1 Å². The van der Waals surface area contributed by atoms with Crippen LogP contribution in [-0.4, -0.2) is 41.3 Å². The zero-order chi connectivity index (χ0) is 28.4. The Bertz CT molecular complexity index is 1580. The number of amides is 1. The molecular weight excluding hydrogens is 535 g/mol. The molecule has 2 N–H and O–H groups in total. The molecule has 8 nitrogen and oxygen atoms in total. The van der Waals surface area contributed by atoms with Gasteiger partial charge in [-0.1, -0.05) is 31.2 Å². The Balaban J connectivity index is 1.53. The van der Waals surface area contributed by atoms with Gasteiger partial charge in [-0.3, -0.25) is 4.79 Å². The number of carbonyl (C=O) groups excluding carboxylic acids is 1. The highest BCUT2D eigenvalue weighted by molar-refractivity contribution is 7.91. The highest BCUT2D eigenvalue weighted by atomic mass is 32.2. The molecule has 0 aliphatic rings. The predicted molar refractivity (Wildman–Crippen MR) is 138 cm³/mol. The van der Waals surface area contributed by atoms with Gasteiger partial charge >= 0.3 is 6.18 Å². The normalized spacial score (nSPS) is 12.9. The highest BCUT2D eigenvalue weighted by Gasteiger charge is 2.30. The van der Waals surface area contributed by atoms with Gasteiger partial charge in [0.2, 0.25) is 5.88 Å². The average molecular weight is 562 g/mol. The molecule has 2 aromatic carbocycles. The number of aliphatic hydroxyl groups is 1. The van der Waals surface area contributed by atoms with Crippen LogP contribution in [0.15, 0.2) is 71.8 Å². The lowest BCUT2D eigenvalue weighted by molar-refractivity contribution is -0.137. The molecule has 2 heterocycles. The second-order valence-electron chi connectivity index (χ2n) is 8.81. The molecule has 1 atom stereocenters. The quantitative estimate of drug-likeness (QED) is 0.313. The molecule has 206 valence electrons. The lowest BCUT2D eigenvalue weighted by Crippen LogP contribution is -2.32. The number of aromatic nitrogens is 2. The molecule has 0 bridgehead atoms. The Kier molecular flexibility index (Phi) is 7.98. The van der Waals surface area contributed by atoms with Gasteiger partial charge in [-0.2, -0.15) is 13.2 Å². The third-order valence-electron chi connectivity index (χ3n) is 6.31. The van der Waals surface area contributed by atoms with Crippen LogP contribution in [0, 0.1) is 0 Å². The Hall–Kier alpha value is -3.90. The fraction of sp³-hybridized carbons (Fsp3) is 0.259. The minimum absolute atomic E-state index is 0.0344. The van der Waals surface area contributed by atoms with Crippen LogP contribution in [0.4, 0.5) is 13.2 Å². The first-order valence-electron chi connectivity index (χ1n) is 11.9. The van der Waals surface area contributed by atoms with Crippen LogP contribution in [-0.2, 0) is 29.7 Å². The van der Waals surface area contributed by atoms with Crippen molar-refractivity contribution in [3.8, 4) is 5.88 Å². The molecule has 2 aromatic heterocycles. The zero-order valence-electron chi connectivity index (χ0n) is 21.1. The summed E-state index contributed by atoms with van der Waals surface area (Å²) in [6.07, 6.45) is -2.94. The highest BCUT2D eigenvalue weighted by Crippen LogP contribution is 2.30. The number of benzene rings is 2. The molecule has 39 heavy (non-hydrogen) atoms. The van der Waals surface area contributed by atoms with Gasteiger partial charge in [0.05, 0.1) is 28.9 Å². The minimum atomic E-state index is -4.43. The van der Waals surface area contributed by atoms with Crippen molar-refractivity contribution in [2.24, 2.45) is 7.05 Å². The van der Waals surface area contributed by atoms with E-state index in [0.717, 1.165) is 12.1 Å². The van der Waals surface area contributed by atoms with Crippen LogP contribution in [0.5, 0.6) is 5.88 Å². The first kappa shape index (κ1) is 28.1. The fourth-order valence-corrected chi connectivity index (χ4v) is 4.96. The number of aliphatic hydroxyl groups excluding tert-OH is 1. The summed E-state index contributed by atoms with van der Waals surface area (Å²) < 4.78 is 69.9. The molecule has 0 saturated carbocycles. The Morgan fingerprint density at radius 1 is 1.10 bits per heavy atom. The molecule has 0 fully saturated rings. The van der Waals surface area contributed by atoms with Crippen molar-refractivity contribution in [2.45, 2.75) is 30.6 Å². The summed E-state index contributed by atoms with van der Waals surface area (Å²) in [5.41, 5.74) is 1.04. The van der Waals surface area contributed by atoms with E-state index in [0.29, 0.717) is 22.0 Å². The summed E-state index contributed by atoms with van der Waals surface area (Å²) in [4.78, 5) is 17.5. The average Bonchev–Trinajstić information content (AvgIpc) is 3.27. The minimum Gasteiger partial charge on any atom is -0.471 e. The zero-order valence-corrected chi connectivity index (χ0v) is 21.9. The number of fused-ring (bicyclic) bond motifs is 1. The fourth-order valence-electron chi connectivity index (χ4n) is 4.07. The monoisotopic (exact) mass is 561 g/mol. The number of hydrogen-bond acceptors (Lipinski definition) is 6. The van der Waals surface area contributed by atoms with E-state index in [4.69, 9.17) is 4.74 Å². The van der Waals surface area contributed by atoms with Crippen LogP contribution in [0.2, 0.25) is 0 Å². The van der Waals surface area contributed by atoms with Gasteiger partial charge in [-0.25, -0.2) is 13.4 Å². The van der Waals surface area contributed by atoms with Gasteiger partial charge in [0.15, 0.2) is 9.84 Å². The van der Waals surface area contributed by atoms with Crippen molar-refractivity contribution in [3.63, 3.8) is 0 Å². The smallest absolute Gasteiger partial charge is 0.416 e. The lowest BCUT2D eigenvalue weighted by Gasteiger charge is -2.17. The van der Waals surface area contributed by atoms with E-state index in [1.807, 2.05) is 0 Å². The summed E-state index contributed by atoms with van der Waals surface area (Å²) in [6.45, 7) is 1.09. The van der Waals surface area contributed by atoms with Crippen molar-refractivity contribution < 1.29 is 36.2 Å². The van der Waals surface area contributed by atoms with Crippen LogP contribution in [0.3, 0.4) is 0 Å². The molecule has 0 radical (unpaired) electrons. The van der Waals surface area contributed by atoms with Crippen molar-refractivity contribution >= 4 is 26.6 Å². The summed E-state index contributed by atoms with van der Waals surface area (Å²) in [7, 11) is -1.74.